The summed E-state index contributed by atoms with van der Waals surface area (Å²) in [4.78, 5) is 13.5. The minimum atomic E-state index is -0.688. The zero-order valence-electron chi connectivity index (χ0n) is 14.7. The number of unbranched alkanes of at least 4 members (excludes halogenated alkanes) is 5. The first-order valence-electron chi connectivity index (χ1n) is 8.90. The van der Waals surface area contributed by atoms with Crippen LogP contribution in [0.5, 0.6) is 0 Å². The number of carboxylic acid groups (broad SMARTS) is 1. The van der Waals surface area contributed by atoms with Crippen molar-refractivity contribution in [2.75, 3.05) is 13.7 Å². The SMILES string of the molecule is COCCCCCCCCc1ccc(CC[C@H](C)CC(=O)O)s1. The Labute approximate surface area is 145 Å². The molecule has 1 aromatic rings. The van der Waals surface area contributed by atoms with E-state index in [9.17, 15) is 4.79 Å². The van der Waals surface area contributed by atoms with Crippen LogP contribution in [-0.2, 0) is 22.4 Å². The molecule has 0 aliphatic carbocycles. The molecule has 0 radical (unpaired) electrons. The Morgan fingerprint density at radius 2 is 1.70 bits per heavy atom. The van der Waals surface area contributed by atoms with E-state index in [0.29, 0.717) is 0 Å². The van der Waals surface area contributed by atoms with E-state index in [2.05, 4.69) is 12.1 Å². The first-order chi connectivity index (χ1) is 11.1. The molecule has 23 heavy (non-hydrogen) atoms. The molecule has 1 atom stereocenters. The molecule has 0 aliphatic heterocycles. The predicted molar refractivity (Wildman–Crippen MR) is 97.3 cm³/mol. The van der Waals surface area contributed by atoms with Gasteiger partial charge < -0.3 is 9.84 Å². The maximum atomic E-state index is 10.7. The molecule has 1 N–H and O–H groups in total. The van der Waals surface area contributed by atoms with E-state index in [1.54, 1.807) is 7.11 Å². The lowest BCUT2D eigenvalue weighted by Gasteiger charge is -2.06. The van der Waals surface area contributed by atoms with E-state index in [0.717, 1.165) is 19.4 Å². The van der Waals surface area contributed by atoms with Gasteiger partial charge in [-0.1, -0.05) is 32.6 Å². The van der Waals surface area contributed by atoms with Gasteiger partial charge in [-0.25, -0.2) is 0 Å². The highest BCUT2D eigenvalue weighted by Crippen LogP contribution is 2.22. The van der Waals surface area contributed by atoms with Crippen molar-refractivity contribution in [1.29, 1.82) is 0 Å². The summed E-state index contributed by atoms with van der Waals surface area (Å²) in [6.07, 6.45) is 11.2. The smallest absolute Gasteiger partial charge is 0.303 e. The summed E-state index contributed by atoms with van der Waals surface area (Å²) in [5.74, 6) is -0.428. The van der Waals surface area contributed by atoms with Crippen LogP contribution in [0, 0.1) is 5.92 Å². The fourth-order valence-corrected chi connectivity index (χ4v) is 3.81. The van der Waals surface area contributed by atoms with Gasteiger partial charge in [-0.3, -0.25) is 4.79 Å². The topological polar surface area (TPSA) is 46.5 Å². The third-order valence-corrected chi connectivity index (χ3v) is 5.35. The molecule has 0 amide bonds. The number of thiophene rings is 1. The van der Waals surface area contributed by atoms with Crippen LogP contribution >= 0.6 is 11.3 Å². The largest absolute Gasteiger partial charge is 0.481 e. The van der Waals surface area contributed by atoms with Crippen molar-refractivity contribution in [3.05, 3.63) is 21.9 Å². The third-order valence-electron chi connectivity index (χ3n) is 4.15. The summed E-state index contributed by atoms with van der Waals surface area (Å²) in [5.41, 5.74) is 0. The molecular formula is C19H32O3S. The average Bonchev–Trinajstić information content (AvgIpc) is 2.95. The van der Waals surface area contributed by atoms with E-state index < -0.39 is 5.97 Å². The molecule has 0 unspecified atom stereocenters. The van der Waals surface area contributed by atoms with Crippen molar-refractivity contribution < 1.29 is 14.6 Å². The lowest BCUT2D eigenvalue weighted by atomic mass is 10.0. The summed E-state index contributed by atoms with van der Waals surface area (Å²) in [7, 11) is 1.77. The van der Waals surface area contributed by atoms with E-state index in [4.69, 9.17) is 9.84 Å². The zero-order chi connectivity index (χ0) is 16.9. The molecular weight excluding hydrogens is 308 g/mol. The Morgan fingerprint density at radius 3 is 2.35 bits per heavy atom. The number of hydrogen-bond acceptors (Lipinski definition) is 3. The van der Waals surface area contributed by atoms with Gasteiger partial charge in [0, 0.05) is 29.9 Å². The van der Waals surface area contributed by atoms with Gasteiger partial charge in [-0.05, 0) is 50.2 Å². The predicted octanol–water partition coefficient (Wildman–Crippen LogP) is 5.32. The van der Waals surface area contributed by atoms with Gasteiger partial charge in [-0.15, -0.1) is 11.3 Å². The van der Waals surface area contributed by atoms with Crippen molar-refractivity contribution in [3.8, 4) is 0 Å². The summed E-state index contributed by atoms with van der Waals surface area (Å²) in [6.45, 7) is 2.92. The van der Waals surface area contributed by atoms with Crippen molar-refractivity contribution in [2.45, 2.75) is 71.1 Å². The van der Waals surface area contributed by atoms with Gasteiger partial charge in [-0.2, -0.15) is 0 Å². The Hall–Kier alpha value is -0.870. The normalized spacial score (nSPS) is 12.4. The minimum Gasteiger partial charge on any atom is -0.481 e. The van der Waals surface area contributed by atoms with Gasteiger partial charge in [0.15, 0.2) is 0 Å². The zero-order valence-corrected chi connectivity index (χ0v) is 15.5. The van der Waals surface area contributed by atoms with Crippen LogP contribution in [0.1, 0.15) is 68.0 Å². The molecule has 0 aliphatic rings. The molecule has 0 bridgehead atoms. The molecule has 1 heterocycles. The molecule has 132 valence electrons. The molecule has 1 aromatic heterocycles. The van der Waals surface area contributed by atoms with Crippen LogP contribution in [0.25, 0.3) is 0 Å². The van der Waals surface area contributed by atoms with E-state index in [1.165, 1.54) is 54.7 Å². The number of ether oxygens (including phenoxy) is 1. The van der Waals surface area contributed by atoms with Crippen LogP contribution in [0.3, 0.4) is 0 Å². The second-order valence-corrected chi connectivity index (χ2v) is 7.73. The Morgan fingerprint density at radius 1 is 1.09 bits per heavy atom. The second kappa shape index (κ2) is 12.5. The average molecular weight is 341 g/mol. The standard InChI is InChI=1S/C19H32O3S/c1-16(15-19(20)21)10-11-18-13-12-17(23-18)9-7-5-3-4-6-8-14-22-2/h12-13,16H,3-11,14-15H2,1-2H3,(H,20,21)/t16-/m0/s1. The van der Waals surface area contributed by atoms with Gasteiger partial charge in [0.1, 0.15) is 0 Å². The molecule has 0 spiro atoms. The lowest BCUT2D eigenvalue weighted by Crippen LogP contribution is -2.04. The fraction of sp³-hybridized carbons (Fsp3) is 0.737. The van der Waals surface area contributed by atoms with E-state index >= 15 is 0 Å². The van der Waals surface area contributed by atoms with E-state index in [-0.39, 0.29) is 12.3 Å². The van der Waals surface area contributed by atoms with Crippen molar-refractivity contribution in [1.82, 2.24) is 0 Å². The van der Waals surface area contributed by atoms with Gasteiger partial charge in [0.05, 0.1) is 0 Å². The number of aryl methyl sites for hydroxylation is 2. The highest BCUT2D eigenvalue weighted by atomic mass is 32.1. The van der Waals surface area contributed by atoms with Crippen molar-refractivity contribution >= 4 is 17.3 Å². The molecule has 0 fully saturated rings. The summed E-state index contributed by atoms with van der Waals surface area (Å²) in [6, 6.07) is 4.47. The van der Waals surface area contributed by atoms with Crippen LogP contribution in [-0.4, -0.2) is 24.8 Å². The highest BCUT2D eigenvalue weighted by molar-refractivity contribution is 7.11. The molecule has 0 aromatic carbocycles. The van der Waals surface area contributed by atoms with E-state index in [1.807, 2.05) is 18.3 Å². The van der Waals surface area contributed by atoms with Crippen LogP contribution in [0.2, 0.25) is 0 Å². The Balaban J connectivity index is 2.08. The quantitative estimate of drug-likeness (QED) is 0.466. The highest BCUT2D eigenvalue weighted by Gasteiger charge is 2.08. The van der Waals surface area contributed by atoms with Gasteiger partial charge >= 0.3 is 5.97 Å². The lowest BCUT2D eigenvalue weighted by molar-refractivity contribution is -0.138. The van der Waals surface area contributed by atoms with Crippen LogP contribution in [0.4, 0.5) is 0 Å². The number of carboxylic acids is 1. The first kappa shape index (κ1) is 20.2. The number of carbonyl (C=O) groups is 1. The second-order valence-electron chi connectivity index (χ2n) is 6.47. The number of aliphatic carboxylic acids is 1. The Kier molecular flexibility index (Phi) is 11.0. The molecule has 0 saturated carbocycles. The molecule has 4 heteroatoms. The van der Waals surface area contributed by atoms with Crippen LogP contribution < -0.4 is 0 Å². The minimum absolute atomic E-state index is 0.260. The number of rotatable bonds is 14. The molecule has 1 rings (SSSR count). The fourth-order valence-electron chi connectivity index (χ4n) is 2.73. The maximum absolute atomic E-state index is 10.7. The number of hydrogen-bond donors (Lipinski definition) is 1. The third kappa shape index (κ3) is 10.5. The first-order valence-corrected chi connectivity index (χ1v) is 9.71. The molecule has 0 saturated heterocycles. The molecule has 3 nitrogen and oxygen atoms in total. The van der Waals surface area contributed by atoms with Gasteiger partial charge in [0.25, 0.3) is 0 Å². The number of methoxy groups -OCH3 is 1. The summed E-state index contributed by atoms with van der Waals surface area (Å²) >= 11 is 1.90. The van der Waals surface area contributed by atoms with Crippen LogP contribution in [0.15, 0.2) is 12.1 Å². The van der Waals surface area contributed by atoms with Gasteiger partial charge in [0.2, 0.25) is 0 Å². The monoisotopic (exact) mass is 340 g/mol. The summed E-state index contributed by atoms with van der Waals surface area (Å²) in [5, 5.41) is 8.78. The maximum Gasteiger partial charge on any atom is 0.303 e. The Bertz CT molecular complexity index is 428. The van der Waals surface area contributed by atoms with Crippen molar-refractivity contribution in [3.63, 3.8) is 0 Å². The summed E-state index contributed by atoms with van der Waals surface area (Å²) < 4.78 is 5.06. The van der Waals surface area contributed by atoms with Crippen molar-refractivity contribution in [2.24, 2.45) is 5.92 Å².